The highest BCUT2D eigenvalue weighted by Gasteiger charge is 2.05. The molecule has 0 saturated heterocycles. The van der Waals surface area contributed by atoms with E-state index in [1.165, 1.54) is 14.2 Å². The number of ether oxygens (including phenoxy) is 2. The fourth-order valence-corrected chi connectivity index (χ4v) is 1.19. The average molecular weight is 356 g/mol. The molecule has 0 radical (unpaired) electrons. The molecular weight excluding hydrogens is 332 g/mol. The Bertz CT molecular complexity index is 329. The van der Waals surface area contributed by atoms with Gasteiger partial charge in [0.2, 0.25) is 0 Å². The summed E-state index contributed by atoms with van der Waals surface area (Å²) in [5.41, 5.74) is 4.34. The standard InChI is InChI=1S/C6H10O4.C5H11NOS.CH3NOS/c1-9-5(7)3-4-6(8)10-2;1-3-6(4-2)5(7)8;2-1(3)4/h3-4H2,1-2H3;3-4H2,1-2H3,(H,7,8);(H3,2,3,4). The molecule has 0 aliphatic carbocycles. The Morgan fingerprint density at radius 1 is 0.909 bits per heavy atom. The van der Waals surface area contributed by atoms with Crippen LogP contribution in [0, 0.1) is 0 Å². The second kappa shape index (κ2) is 17.6. The number of esters is 2. The number of hydrogen-bond acceptors (Lipinski definition) is 6. The van der Waals surface area contributed by atoms with Crippen molar-refractivity contribution in [1.29, 1.82) is 0 Å². The molecule has 0 aromatic rings. The van der Waals surface area contributed by atoms with Crippen molar-refractivity contribution in [1.82, 2.24) is 4.90 Å². The van der Waals surface area contributed by atoms with E-state index in [0.29, 0.717) is 0 Å². The molecule has 10 heteroatoms. The molecule has 0 fully saturated rings. The van der Waals surface area contributed by atoms with Gasteiger partial charge in [-0.25, -0.2) is 0 Å². The Balaban J connectivity index is -0.000000269. The molecule has 0 aromatic carbocycles. The molecule has 0 spiro atoms. The van der Waals surface area contributed by atoms with E-state index in [2.05, 4.69) is 40.5 Å². The van der Waals surface area contributed by atoms with Gasteiger partial charge >= 0.3 is 11.9 Å². The number of nitrogens with zero attached hydrogens (tertiary/aromatic N) is 1. The lowest BCUT2D eigenvalue weighted by Crippen LogP contribution is -2.24. The zero-order valence-electron chi connectivity index (χ0n) is 13.2. The average Bonchev–Trinajstić information content (AvgIpc) is 2.45. The minimum atomic E-state index is -0.639. The second-order valence-electron chi connectivity index (χ2n) is 3.45. The number of methoxy groups -OCH3 is 2. The molecule has 2 N–H and O–H groups in total. The van der Waals surface area contributed by atoms with Gasteiger partial charge in [-0.2, -0.15) is 0 Å². The quantitative estimate of drug-likeness (QED) is 0.508. The van der Waals surface area contributed by atoms with Gasteiger partial charge in [-0.05, 0) is 13.8 Å². The zero-order chi connectivity index (χ0) is 18.1. The highest BCUT2D eigenvalue weighted by Crippen LogP contribution is 1.93. The van der Waals surface area contributed by atoms with Crippen molar-refractivity contribution in [2.24, 2.45) is 5.73 Å². The highest BCUT2D eigenvalue weighted by atomic mass is 32.1. The van der Waals surface area contributed by atoms with E-state index in [-0.39, 0.29) is 18.1 Å². The Kier molecular flexibility index (Phi) is 20.5. The lowest BCUT2D eigenvalue weighted by molar-refractivity contribution is -0.147. The van der Waals surface area contributed by atoms with Gasteiger partial charge in [-0.3, -0.25) is 19.2 Å². The summed E-state index contributed by atoms with van der Waals surface area (Å²) in [6, 6.07) is 0. The van der Waals surface area contributed by atoms with Gasteiger partial charge in [-0.15, -0.1) is 0 Å². The van der Waals surface area contributed by atoms with Crippen molar-refractivity contribution in [3.63, 3.8) is 0 Å². The largest absolute Gasteiger partial charge is 0.469 e. The Morgan fingerprint density at radius 3 is 1.27 bits per heavy atom. The van der Waals surface area contributed by atoms with E-state index >= 15 is 0 Å². The summed E-state index contributed by atoms with van der Waals surface area (Å²) in [6.45, 7) is 5.35. The molecule has 0 rings (SSSR count). The monoisotopic (exact) mass is 356 g/mol. The van der Waals surface area contributed by atoms with Crippen molar-refractivity contribution >= 4 is 47.7 Å². The number of carbonyl (C=O) groups is 4. The third kappa shape index (κ3) is 23.7. The number of carbonyl (C=O) groups excluding carboxylic acids is 4. The van der Waals surface area contributed by atoms with E-state index in [9.17, 15) is 14.4 Å². The highest BCUT2D eigenvalue weighted by molar-refractivity contribution is 7.96. The van der Waals surface area contributed by atoms with Gasteiger partial charge in [0, 0.05) is 13.1 Å². The summed E-state index contributed by atoms with van der Waals surface area (Å²) >= 11 is 6.75. The molecule has 0 saturated carbocycles. The number of nitrogens with two attached hydrogens (primary N) is 1. The van der Waals surface area contributed by atoms with Crippen molar-refractivity contribution in [3.8, 4) is 0 Å². The Hall–Kier alpha value is -1.42. The predicted octanol–water partition coefficient (Wildman–Crippen LogP) is 1.49. The first kappa shape index (κ1) is 25.5. The van der Waals surface area contributed by atoms with Gasteiger partial charge in [0.1, 0.15) is 0 Å². The number of primary amides is 1. The first-order valence-corrected chi connectivity index (χ1v) is 7.15. The third-order valence-electron chi connectivity index (χ3n) is 2.02. The first-order valence-electron chi connectivity index (χ1n) is 6.25. The van der Waals surface area contributed by atoms with Crippen LogP contribution < -0.4 is 5.73 Å². The summed E-state index contributed by atoms with van der Waals surface area (Å²) in [7, 11) is 2.55. The molecule has 130 valence electrons. The second-order valence-corrected chi connectivity index (χ2v) is 4.27. The summed E-state index contributed by atoms with van der Waals surface area (Å²) in [5.74, 6) is -0.796. The maximum atomic E-state index is 10.4. The summed E-state index contributed by atoms with van der Waals surface area (Å²) in [5, 5.41) is -0.782. The lowest BCUT2D eigenvalue weighted by atomic mass is 10.3. The van der Waals surface area contributed by atoms with Crippen LogP contribution >= 0.6 is 25.3 Å². The molecule has 0 heterocycles. The van der Waals surface area contributed by atoms with Crippen LogP contribution in [0.4, 0.5) is 9.59 Å². The van der Waals surface area contributed by atoms with Crippen molar-refractivity contribution in [3.05, 3.63) is 0 Å². The number of amides is 2. The van der Waals surface area contributed by atoms with Gasteiger partial charge in [0.05, 0.1) is 27.1 Å². The van der Waals surface area contributed by atoms with E-state index in [1.807, 2.05) is 13.8 Å². The first-order chi connectivity index (χ1) is 10.2. The molecule has 8 nitrogen and oxygen atoms in total. The van der Waals surface area contributed by atoms with E-state index in [1.54, 1.807) is 4.90 Å². The molecule has 0 unspecified atom stereocenters. The molecule has 0 aliphatic heterocycles. The number of hydrogen-bond donors (Lipinski definition) is 3. The van der Waals surface area contributed by atoms with Gasteiger partial charge < -0.3 is 20.1 Å². The van der Waals surface area contributed by atoms with E-state index in [0.717, 1.165) is 13.1 Å². The van der Waals surface area contributed by atoms with Crippen molar-refractivity contribution in [2.75, 3.05) is 27.3 Å². The topological polar surface area (TPSA) is 116 Å². The van der Waals surface area contributed by atoms with Gasteiger partial charge in [0.15, 0.2) is 0 Å². The van der Waals surface area contributed by atoms with Crippen LogP contribution in [0.15, 0.2) is 0 Å². The lowest BCUT2D eigenvalue weighted by Gasteiger charge is -2.13. The smallest absolute Gasteiger partial charge is 0.306 e. The predicted molar refractivity (Wildman–Crippen MR) is 89.1 cm³/mol. The number of rotatable bonds is 5. The molecule has 2 amide bonds. The minimum absolute atomic E-state index is 0.0865. The van der Waals surface area contributed by atoms with Crippen molar-refractivity contribution < 1.29 is 28.7 Å². The van der Waals surface area contributed by atoms with Crippen LogP contribution in [-0.4, -0.2) is 54.6 Å². The van der Waals surface area contributed by atoms with Crippen molar-refractivity contribution in [2.45, 2.75) is 26.7 Å². The van der Waals surface area contributed by atoms with E-state index < -0.39 is 17.2 Å². The van der Waals surface area contributed by atoms with Crippen LogP contribution in [0.5, 0.6) is 0 Å². The van der Waals surface area contributed by atoms with E-state index in [4.69, 9.17) is 4.79 Å². The van der Waals surface area contributed by atoms with Crippen LogP contribution in [0.1, 0.15) is 26.7 Å². The number of thiol groups is 2. The fraction of sp³-hybridized carbons (Fsp3) is 0.667. The zero-order valence-corrected chi connectivity index (χ0v) is 15.0. The summed E-state index contributed by atoms with van der Waals surface area (Å²) in [6.07, 6.45) is 0.173. The van der Waals surface area contributed by atoms with Crippen LogP contribution in [0.2, 0.25) is 0 Å². The Labute approximate surface area is 141 Å². The maximum absolute atomic E-state index is 10.4. The molecule has 0 atom stereocenters. The molecule has 22 heavy (non-hydrogen) atoms. The molecule has 0 bridgehead atoms. The molecule has 0 aliphatic rings. The third-order valence-corrected chi connectivity index (χ3v) is 2.31. The minimum Gasteiger partial charge on any atom is -0.469 e. The van der Waals surface area contributed by atoms with Gasteiger partial charge in [-0.1, -0.05) is 25.3 Å². The fourth-order valence-electron chi connectivity index (χ4n) is 0.902. The normalized spacial score (nSPS) is 8.27. The summed E-state index contributed by atoms with van der Waals surface area (Å²) < 4.78 is 8.60. The molecule has 0 aromatic heterocycles. The SMILES string of the molecule is CCN(CC)C(=O)S.COC(=O)CCC(=O)OC.NC(=O)S. The molecular formula is C12H24N2O6S2. The maximum Gasteiger partial charge on any atom is 0.306 e. The van der Waals surface area contributed by atoms with Gasteiger partial charge in [0.25, 0.3) is 10.5 Å². The van der Waals surface area contributed by atoms with Crippen LogP contribution in [-0.2, 0) is 19.1 Å². The van der Waals surface area contributed by atoms with Crippen LogP contribution in [0.25, 0.3) is 0 Å². The Morgan fingerprint density at radius 2 is 1.18 bits per heavy atom. The van der Waals surface area contributed by atoms with Crippen LogP contribution in [0.3, 0.4) is 0 Å². The summed E-state index contributed by atoms with van der Waals surface area (Å²) in [4.78, 5) is 41.9.